The van der Waals surface area contributed by atoms with Crippen molar-refractivity contribution in [3.05, 3.63) is 0 Å². The van der Waals surface area contributed by atoms with E-state index in [2.05, 4.69) is 0 Å². The van der Waals surface area contributed by atoms with Crippen molar-refractivity contribution in [2.45, 2.75) is 47.0 Å². The molecule has 0 radical (unpaired) electrons. The van der Waals surface area contributed by atoms with Crippen molar-refractivity contribution in [3.8, 4) is 0 Å². The van der Waals surface area contributed by atoms with E-state index in [9.17, 15) is 14.7 Å². The summed E-state index contributed by atoms with van der Waals surface area (Å²) in [5.74, 6) is -0.922. The Hall–Kier alpha value is -1.06. The first-order valence-corrected chi connectivity index (χ1v) is 5.98. The van der Waals surface area contributed by atoms with Crippen molar-refractivity contribution in [3.63, 3.8) is 0 Å². The fourth-order valence-corrected chi connectivity index (χ4v) is 1.86. The number of carbonyl (C=O) groups is 2. The van der Waals surface area contributed by atoms with E-state index in [1.807, 2.05) is 27.7 Å². The van der Waals surface area contributed by atoms with Crippen LogP contribution in [0.25, 0.3) is 0 Å². The van der Waals surface area contributed by atoms with Crippen LogP contribution in [-0.4, -0.2) is 35.0 Å². The van der Waals surface area contributed by atoms with Crippen LogP contribution in [0.4, 0.5) is 0 Å². The molecule has 0 spiro atoms. The maximum Gasteiger partial charge on any atom is 0.310 e. The molecule has 0 aromatic rings. The van der Waals surface area contributed by atoms with Gasteiger partial charge in [0.05, 0.1) is 5.41 Å². The van der Waals surface area contributed by atoms with E-state index in [0.29, 0.717) is 25.9 Å². The van der Waals surface area contributed by atoms with E-state index in [4.69, 9.17) is 0 Å². The van der Waals surface area contributed by atoms with Crippen LogP contribution in [0.5, 0.6) is 0 Å². The zero-order valence-electron chi connectivity index (χ0n) is 10.7. The molecular formula is C12H23NO3. The second kappa shape index (κ2) is 6.51. The van der Waals surface area contributed by atoms with Crippen LogP contribution in [0.1, 0.15) is 47.0 Å². The minimum absolute atomic E-state index is 0.0592. The molecule has 0 heterocycles. The Kier molecular flexibility index (Phi) is 6.08. The van der Waals surface area contributed by atoms with E-state index in [1.54, 1.807) is 4.90 Å². The summed E-state index contributed by atoms with van der Waals surface area (Å²) in [6, 6.07) is 0. The first-order chi connectivity index (χ1) is 7.47. The predicted molar refractivity (Wildman–Crippen MR) is 63.2 cm³/mol. The average molecular weight is 229 g/mol. The molecule has 0 saturated carbocycles. The van der Waals surface area contributed by atoms with Crippen molar-refractivity contribution >= 4 is 11.9 Å². The van der Waals surface area contributed by atoms with Crippen LogP contribution in [0.3, 0.4) is 0 Å². The molecule has 0 rings (SSSR count). The lowest BCUT2D eigenvalue weighted by Gasteiger charge is -2.29. The summed E-state index contributed by atoms with van der Waals surface area (Å²) in [7, 11) is 0. The molecule has 0 saturated heterocycles. The van der Waals surface area contributed by atoms with Gasteiger partial charge in [-0.25, -0.2) is 0 Å². The molecule has 1 amide bonds. The lowest BCUT2D eigenvalue weighted by Crippen LogP contribution is -2.39. The summed E-state index contributed by atoms with van der Waals surface area (Å²) >= 11 is 0. The van der Waals surface area contributed by atoms with E-state index in [1.165, 1.54) is 0 Å². The second-order valence-electron chi connectivity index (χ2n) is 4.04. The monoisotopic (exact) mass is 229 g/mol. The number of hydrogen-bond donors (Lipinski definition) is 1. The van der Waals surface area contributed by atoms with Gasteiger partial charge in [-0.15, -0.1) is 0 Å². The zero-order chi connectivity index (χ0) is 12.8. The normalized spacial score (nSPS) is 11.2. The summed E-state index contributed by atoms with van der Waals surface area (Å²) in [5.41, 5.74) is -0.889. The number of amides is 1. The maximum atomic E-state index is 11.9. The molecule has 94 valence electrons. The molecule has 0 unspecified atom stereocenters. The quantitative estimate of drug-likeness (QED) is 0.727. The topological polar surface area (TPSA) is 57.6 Å². The van der Waals surface area contributed by atoms with Gasteiger partial charge in [-0.3, -0.25) is 9.59 Å². The second-order valence-corrected chi connectivity index (χ2v) is 4.04. The van der Waals surface area contributed by atoms with Gasteiger partial charge in [-0.1, -0.05) is 13.8 Å². The van der Waals surface area contributed by atoms with E-state index in [-0.39, 0.29) is 12.3 Å². The molecule has 0 aliphatic rings. The molecule has 1 N–H and O–H groups in total. The Morgan fingerprint density at radius 2 is 1.50 bits per heavy atom. The molecule has 4 nitrogen and oxygen atoms in total. The third-order valence-electron chi connectivity index (χ3n) is 3.41. The highest BCUT2D eigenvalue weighted by Gasteiger charge is 2.37. The fourth-order valence-electron chi connectivity index (χ4n) is 1.86. The van der Waals surface area contributed by atoms with Gasteiger partial charge in [0.25, 0.3) is 0 Å². The summed E-state index contributed by atoms with van der Waals surface area (Å²) < 4.78 is 0. The smallest absolute Gasteiger partial charge is 0.310 e. The number of hydrogen-bond acceptors (Lipinski definition) is 2. The van der Waals surface area contributed by atoms with Gasteiger partial charge in [0.1, 0.15) is 0 Å². The van der Waals surface area contributed by atoms with Crippen LogP contribution >= 0.6 is 0 Å². The molecule has 0 fully saturated rings. The molecule has 0 bridgehead atoms. The number of nitrogens with zero attached hydrogens (tertiary/aromatic N) is 1. The Morgan fingerprint density at radius 1 is 1.06 bits per heavy atom. The molecular weight excluding hydrogens is 206 g/mol. The standard InChI is InChI=1S/C12H23NO3/c1-5-12(6-2,11(15)16)9-10(14)13(7-3)8-4/h5-9H2,1-4H3,(H,15,16). The first kappa shape index (κ1) is 14.9. The summed E-state index contributed by atoms with van der Waals surface area (Å²) in [5, 5.41) is 9.23. The minimum atomic E-state index is -0.889. The van der Waals surface area contributed by atoms with Crippen LogP contribution < -0.4 is 0 Å². The third-order valence-corrected chi connectivity index (χ3v) is 3.41. The average Bonchev–Trinajstić information content (AvgIpc) is 2.27. The number of carboxylic acid groups (broad SMARTS) is 1. The highest BCUT2D eigenvalue weighted by atomic mass is 16.4. The van der Waals surface area contributed by atoms with Gasteiger partial charge >= 0.3 is 5.97 Å². The highest BCUT2D eigenvalue weighted by molar-refractivity contribution is 5.84. The Bertz CT molecular complexity index is 243. The van der Waals surface area contributed by atoms with Crippen LogP contribution in [-0.2, 0) is 9.59 Å². The van der Waals surface area contributed by atoms with Gasteiger partial charge in [0, 0.05) is 19.5 Å². The van der Waals surface area contributed by atoms with Gasteiger partial charge in [-0.05, 0) is 26.7 Å². The van der Waals surface area contributed by atoms with Gasteiger partial charge < -0.3 is 10.0 Å². The maximum absolute atomic E-state index is 11.9. The van der Waals surface area contributed by atoms with E-state index in [0.717, 1.165) is 0 Å². The molecule has 0 aliphatic heterocycles. The van der Waals surface area contributed by atoms with Gasteiger partial charge in [0.15, 0.2) is 0 Å². The third kappa shape index (κ3) is 3.22. The van der Waals surface area contributed by atoms with Crippen LogP contribution in [0.15, 0.2) is 0 Å². The summed E-state index contributed by atoms with van der Waals surface area (Å²) in [6.07, 6.45) is 1.09. The first-order valence-electron chi connectivity index (χ1n) is 5.98. The van der Waals surface area contributed by atoms with Crippen molar-refractivity contribution in [2.75, 3.05) is 13.1 Å². The lowest BCUT2D eigenvalue weighted by atomic mass is 9.79. The van der Waals surface area contributed by atoms with Crippen LogP contribution in [0, 0.1) is 5.41 Å². The summed E-state index contributed by atoms with van der Waals surface area (Å²) in [4.78, 5) is 24.8. The van der Waals surface area contributed by atoms with Crippen molar-refractivity contribution in [2.24, 2.45) is 5.41 Å². The summed E-state index contributed by atoms with van der Waals surface area (Å²) in [6.45, 7) is 8.74. The fraction of sp³-hybridized carbons (Fsp3) is 0.833. The van der Waals surface area contributed by atoms with E-state index < -0.39 is 11.4 Å². The largest absolute Gasteiger partial charge is 0.481 e. The molecule has 0 aliphatic carbocycles. The number of rotatable bonds is 7. The molecule has 16 heavy (non-hydrogen) atoms. The number of carbonyl (C=O) groups excluding carboxylic acids is 1. The van der Waals surface area contributed by atoms with Crippen LogP contribution in [0.2, 0.25) is 0 Å². The lowest BCUT2D eigenvalue weighted by molar-refractivity contribution is -0.154. The van der Waals surface area contributed by atoms with Gasteiger partial charge in [-0.2, -0.15) is 0 Å². The number of carboxylic acids is 1. The molecule has 0 aromatic carbocycles. The van der Waals surface area contributed by atoms with Crippen molar-refractivity contribution < 1.29 is 14.7 Å². The molecule has 4 heteroatoms. The number of aliphatic carboxylic acids is 1. The van der Waals surface area contributed by atoms with E-state index >= 15 is 0 Å². The molecule has 0 aromatic heterocycles. The Labute approximate surface area is 97.6 Å². The Balaban J connectivity index is 4.76. The van der Waals surface area contributed by atoms with Crippen molar-refractivity contribution in [1.29, 1.82) is 0 Å². The highest BCUT2D eigenvalue weighted by Crippen LogP contribution is 2.31. The SMILES string of the molecule is CCN(CC)C(=O)CC(CC)(CC)C(=O)O. The predicted octanol–water partition coefficient (Wildman–Crippen LogP) is 2.14. The minimum Gasteiger partial charge on any atom is -0.481 e. The zero-order valence-corrected chi connectivity index (χ0v) is 10.7. The molecule has 0 atom stereocenters. The van der Waals surface area contributed by atoms with Crippen molar-refractivity contribution in [1.82, 2.24) is 4.90 Å². The van der Waals surface area contributed by atoms with Gasteiger partial charge in [0.2, 0.25) is 5.91 Å². The Morgan fingerprint density at radius 3 is 1.75 bits per heavy atom.